The van der Waals surface area contributed by atoms with Crippen LogP contribution >= 0.6 is 15.9 Å². The first-order valence-electron chi connectivity index (χ1n) is 5.36. The third-order valence-corrected chi connectivity index (χ3v) is 2.97. The molecule has 0 aliphatic heterocycles. The lowest BCUT2D eigenvalue weighted by Crippen LogP contribution is -2.32. The van der Waals surface area contributed by atoms with Crippen LogP contribution in [0.2, 0.25) is 0 Å². The Kier molecular flexibility index (Phi) is 5.91. The number of benzene rings is 1. The van der Waals surface area contributed by atoms with E-state index in [2.05, 4.69) is 15.9 Å². The summed E-state index contributed by atoms with van der Waals surface area (Å²) in [7, 11) is 3.43. The first-order valence-corrected chi connectivity index (χ1v) is 6.15. The number of hydrogen-bond acceptors (Lipinski definition) is 4. The minimum absolute atomic E-state index is 0.0205. The van der Waals surface area contributed by atoms with Gasteiger partial charge >= 0.3 is 0 Å². The van der Waals surface area contributed by atoms with Gasteiger partial charge in [-0.3, -0.25) is 0 Å². The number of methoxy groups -OCH3 is 1. The molecule has 0 radical (unpaired) electrons. The van der Waals surface area contributed by atoms with Crippen molar-refractivity contribution >= 4 is 21.6 Å². The largest absolute Gasteiger partial charge is 0.392 e. The number of ether oxygens (including phenoxy) is 1. The van der Waals surface area contributed by atoms with Crippen LogP contribution in [0.4, 0.5) is 5.69 Å². The smallest absolute Gasteiger partial charge is 0.0947 e. The first kappa shape index (κ1) is 14.4. The van der Waals surface area contributed by atoms with E-state index in [0.717, 1.165) is 15.7 Å². The molecule has 1 rings (SSSR count). The summed E-state index contributed by atoms with van der Waals surface area (Å²) in [6.45, 7) is 0.734. The van der Waals surface area contributed by atoms with Crippen LogP contribution in [0.1, 0.15) is 5.56 Å². The van der Waals surface area contributed by atoms with Gasteiger partial charge < -0.3 is 19.8 Å². The molecular weight excluding hydrogens is 286 g/mol. The molecule has 2 N–H and O–H groups in total. The first-order chi connectivity index (χ1) is 8.08. The molecule has 1 atom stereocenters. The van der Waals surface area contributed by atoms with Crippen LogP contribution in [0.15, 0.2) is 22.7 Å². The molecule has 0 spiro atoms. The molecule has 0 aromatic heterocycles. The minimum Gasteiger partial charge on any atom is -0.392 e. The van der Waals surface area contributed by atoms with E-state index in [4.69, 9.17) is 4.74 Å². The van der Waals surface area contributed by atoms with Crippen molar-refractivity contribution in [1.82, 2.24) is 0 Å². The summed E-state index contributed by atoms with van der Waals surface area (Å²) in [6, 6.07) is 5.66. The van der Waals surface area contributed by atoms with E-state index in [-0.39, 0.29) is 6.61 Å². The number of halogens is 1. The van der Waals surface area contributed by atoms with Gasteiger partial charge in [-0.15, -0.1) is 0 Å². The average Bonchev–Trinajstić information content (AvgIpc) is 2.29. The lowest BCUT2D eigenvalue weighted by molar-refractivity contribution is 0.0694. The zero-order valence-electron chi connectivity index (χ0n) is 10.1. The van der Waals surface area contributed by atoms with Crippen LogP contribution in [0.25, 0.3) is 0 Å². The van der Waals surface area contributed by atoms with Gasteiger partial charge in [-0.1, -0.05) is 22.0 Å². The number of likely N-dealkylation sites (N-methyl/N-ethyl adjacent to an activating group) is 1. The second-order valence-electron chi connectivity index (χ2n) is 3.92. The molecule has 17 heavy (non-hydrogen) atoms. The van der Waals surface area contributed by atoms with Gasteiger partial charge in [0, 0.05) is 36.4 Å². The van der Waals surface area contributed by atoms with Crippen LogP contribution in [0.3, 0.4) is 0 Å². The third kappa shape index (κ3) is 4.27. The second-order valence-corrected chi connectivity index (χ2v) is 4.84. The van der Waals surface area contributed by atoms with E-state index in [1.54, 1.807) is 7.11 Å². The molecule has 0 aliphatic carbocycles. The zero-order valence-corrected chi connectivity index (χ0v) is 11.6. The number of hydrogen-bond donors (Lipinski definition) is 2. The molecule has 0 heterocycles. The molecular formula is C12H18BrNO3. The summed E-state index contributed by atoms with van der Waals surface area (Å²) >= 11 is 3.40. The van der Waals surface area contributed by atoms with Crippen molar-refractivity contribution in [2.45, 2.75) is 12.7 Å². The van der Waals surface area contributed by atoms with Crippen molar-refractivity contribution in [3.63, 3.8) is 0 Å². The highest BCUT2D eigenvalue weighted by Gasteiger charge is 2.12. The summed E-state index contributed by atoms with van der Waals surface area (Å²) in [6.07, 6.45) is -0.546. The van der Waals surface area contributed by atoms with Gasteiger partial charge in [0.25, 0.3) is 0 Å². The van der Waals surface area contributed by atoms with E-state index in [0.29, 0.717) is 13.2 Å². The summed E-state index contributed by atoms with van der Waals surface area (Å²) in [5, 5.41) is 18.9. The topological polar surface area (TPSA) is 52.9 Å². The molecule has 1 unspecified atom stereocenters. The SMILES string of the molecule is COCC(O)CN(C)c1cc(Br)ccc1CO. The normalized spacial score (nSPS) is 12.5. The monoisotopic (exact) mass is 303 g/mol. The van der Waals surface area contributed by atoms with E-state index < -0.39 is 6.10 Å². The van der Waals surface area contributed by atoms with Crippen molar-refractivity contribution < 1.29 is 14.9 Å². The van der Waals surface area contributed by atoms with E-state index >= 15 is 0 Å². The number of rotatable bonds is 6. The average molecular weight is 304 g/mol. The zero-order chi connectivity index (χ0) is 12.8. The Morgan fingerprint density at radius 2 is 2.18 bits per heavy atom. The minimum atomic E-state index is -0.546. The molecule has 0 amide bonds. The standard InChI is InChI=1S/C12H18BrNO3/c1-14(6-11(16)8-17-2)12-5-10(13)4-3-9(12)7-15/h3-5,11,15-16H,6-8H2,1-2H3. The Labute approximate surface area is 110 Å². The Bertz CT molecular complexity index is 360. The maximum atomic E-state index is 9.67. The fourth-order valence-electron chi connectivity index (χ4n) is 1.69. The van der Waals surface area contributed by atoms with E-state index in [1.165, 1.54) is 0 Å². The number of nitrogens with zero attached hydrogens (tertiary/aromatic N) is 1. The van der Waals surface area contributed by atoms with Crippen molar-refractivity contribution in [1.29, 1.82) is 0 Å². The third-order valence-electron chi connectivity index (χ3n) is 2.47. The maximum Gasteiger partial charge on any atom is 0.0947 e. The van der Waals surface area contributed by atoms with Gasteiger partial charge in [0.15, 0.2) is 0 Å². The van der Waals surface area contributed by atoms with Crippen molar-refractivity contribution in [3.05, 3.63) is 28.2 Å². The Balaban J connectivity index is 2.79. The fourth-order valence-corrected chi connectivity index (χ4v) is 2.03. The quantitative estimate of drug-likeness (QED) is 0.834. The van der Waals surface area contributed by atoms with E-state index in [9.17, 15) is 10.2 Å². The van der Waals surface area contributed by atoms with Crippen LogP contribution in [0, 0.1) is 0 Å². The van der Waals surface area contributed by atoms with Gasteiger partial charge in [-0.05, 0) is 12.1 Å². The van der Waals surface area contributed by atoms with Crippen LogP contribution in [-0.4, -0.2) is 43.6 Å². The summed E-state index contributed by atoms with van der Waals surface area (Å²) in [4.78, 5) is 1.90. The molecule has 0 aliphatic rings. The molecule has 96 valence electrons. The highest BCUT2D eigenvalue weighted by molar-refractivity contribution is 9.10. The van der Waals surface area contributed by atoms with Gasteiger partial charge in [0.2, 0.25) is 0 Å². The fraction of sp³-hybridized carbons (Fsp3) is 0.500. The van der Waals surface area contributed by atoms with E-state index in [1.807, 2.05) is 30.1 Å². The lowest BCUT2D eigenvalue weighted by atomic mass is 10.1. The number of anilines is 1. The molecule has 4 nitrogen and oxygen atoms in total. The summed E-state index contributed by atoms with van der Waals surface area (Å²) < 4.78 is 5.83. The van der Waals surface area contributed by atoms with Crippen LogP contribution < -0.4 is 4.90 Å². The predicted octanol–water partition coefficient (Wildman–Crippen LogP) is 1.38. The summed E-state index contributed by atoms with van der Waals surface area (Å²) in [5.74, 6) is 0. The van der Waals surface area contributed by atoms with Crippen LogP contribution in [0.5, 0.6) is 0 Å². The predicted molar refractivity (Wildman–Crippen MR) is 71.2 cm³/mol. The maximum absolute atomic E-state index is 9.67. The van der Waals surface area contributed by atoms with Crippen LogP contribution in [-0.2, 0) is 11.3 Å². The second kappa shape index (κ2) is 6.96. The summed E-state index contributed by atoms with van der Waals surface area (Å²) in [5.41, 5.74) is 1.73. The molecule has 0 saturated heterocycles. The highest BCUT2D eigenvalue weighted by Crippen LogP contribution is 2.24. The van der Waals surface area contributed by atoms with Gasteiger partial charge in [-0.25, -0.2) is 0 Å². The molecule has 5 heteroatoms. The van der Waals surface area contributed by atoms with Gasteiger partial charge in [-0.2, -0.15) is 0 Å². The van der Waals surface area contributed by atoms with Gasteiger partial charge in [0.1, 0.15) is 0 Å². The van der Waals surface area contributed by atoms with Crippen molar-refractivity contribution in [2.75, 3.05) is 32.2 Å². The molecule has 0 saturated carbocycles. The van der Waals surface area contributed by atoms with Gasteiger partial charge in [0.05, 0.1) is 19.3 Å². The number of aliphatic hydroxyl groups is 2. The Hall–Kier alpha value is -0.620. The van der Waals surface area contributed by atoms with Crippen molar-refractivity contribution in [2.24, 2.45) is 0 Å². The number of aliphatic hydroxyl groups excluding tert-OH is 2. The molecule has 1 aromatic rings. The molecule has 0 fully saturated rings. The Morgan fingerprint density at radius 1 is 1.47 bits per heavy atom. The van der Waals surface area contributed by atoms with Crippen molar-refractivity contribution in [3.8, 4) is 0 Å². The Morgan fingerprint density at radius 3 is 2.76 bits per heavy atom. The lowest BCUT2D eigenvalue weighted by Gasteiger charge is -2.24. The highest BCUT2D eigenvalue weighted by atomic mass is 79.9. The molecule has 0 bridgehead atoms. The molecule has 1 aromatic carbocycles.